The minimum Gasteiger partial charge on any atom is -0.364 e. The average molecular weight is 248 g/mol. The lowest BCUT2D eigenvalue weighted by atomic mass is 10.4. The zero-order valence-electron chi connectivity index (χ0n) is 8.07. The molecule has 82 valence electrons. The van der Waals surface area contributed by atoms with Gasteiger partial charge < -0.3 is 5.32 Å². The van der Waals surface area contributed by atoms with E-state index in [1.54, 1.807) is 11.8 Å². The molecule has 0 saturated heterocycles. The first-order valence-corrected chi connectivity index (χ1v) is 5.95. The summed E-state index contributed by atoms with van der Waals surface area (Å²) in [6.45, 7) is 0.636. The van der Waals surface area contributed by atoms with Crippen LogP contribution in [0.3, 0.4) is 0 Å². The van der Waals surface area contributed by atoms with Crippen LogP contribution < -0.4 is 5.32 Å². The SMILES string of the molecule is CSCCNc1ncc(Cl)cc1[N+](=O)[O-]. The summed E-state index contributed by atoms with van der Waals surface area (Å²) in [5.74, 6) is 1.13. The molecule has 0 fully saturated rings. The van der Waals surface area contributed by atoms with Crippen molar-refractivity contribution in [3.8, 4) is 0 Å². The number of nitro groups is 1. The summed E-state index contributed by atoms with van der Waals surface area (Å²) in [4.78, 5) is 14.0. The van der Waals surface area contributed by atoms with Crippen molar-refractivity contribution in [1.29, 1.82) is 0 Å². The van der Waals surface area contributed by atoms with Gasteiger partial charge in [0, 0.05) is 24.6 Å². The highest BCUT2D eigenvalue weighted by Gasteiger charge is 2.15. The number of nitrogens with one attached hydrogen (secondary N) is 1. The molecule has 5 nitrogen and oxygen atoms in total. The van der Waals surface area contributed by atoms with Crippen molar-refractivity contribution in [2.45, 2.75) is 0 Å². The smallest absolute Gasteiger partial charge is 0.312 e. The molecule has 1 heterocycles. The Morgan fingerprint density at radius 2 is 2.47 bits per heavy atom. The van der Waals surface area contributed by atoms with Gasteiger partial charge in [0.15, 0.2) is 0 Å². The van der Waals surface area contributed by atoms with Gasteiger partial charge in [0.25, 0.3) is 0 Å². The Morgan fingerprint density at radius 1 is 1.73 bits per heavy atom. The van der Waals surface area contributed by atoms with E-state index in [9.17, 15) is 10.1 Å². The monoisotopic (exact) mass is 247 g/mol. The Bertz CT molecular complexity index is 362. The Morgan fingerprint density at radius 3 is 3.07 bits per heavy atom. The molecule has 0 radical (unpaired) electrons. The van der Waals surface area contributed by atoms with E-state index in [0.29, 0.717) is 6.54 Å². The fraction of sp³-hybridized carbons (Fsp3) is 0.375. The molecule has 0 aliphatic heterocycles. The number of rotatable bonds is 5. The van der Waals surface area contributed by atoms with Crippen LogP contribution in [0.4, 0.5) is 11.5 Å². The van der Waals surface area contributed by atoms with Gasteiger partial charge in [0.05, 0.1) is 9.95 Å². The maximum absolute atomic E-state index is 10.7. The topological polar surface area (TPSA) is 68.1 Å². The number of nitrogens with zero attached hydrogens (tertiary/aromatic N) is 2. The largest absolute Gasteiger partial charge is 0.364 e. The van der Waals surface area contributed by atoms with Gasteiger partial charge in [0.2, 0.25) is 5.82 Å². The molecule has 0 amide bonds. The van der Waals surface area contributed by atoms with Crippen LogP contribution >= 0.6 is 23.4 Å². The lowest BCUT2D eigenvalue weighted by molar-refractivity contribution is -0.384. The summed E-state index contributed by atoms with van der Waals surface area (Å²) in [6.07, 6.45) is 3.35. The Hall–Kier alpha value is -1.01. The molecule has 0 aliphatic carbocycles. The van der Waals surface area contributed by atoms with Crippen LogP contribution in [-0.2, 0) is 0 Å². The van der Waals surface area contributed by atoms with Crippen molar-refractivity contribution in [3.63, 3.8) is 0 Å². The minimum absolute atomic E-state index is 0.0939. The highest BCUT2D eigenvalue weighted by atomic mass is 35.5. The van der Waals surface area contributed by atoms with Crippen LogP contribution in [-0.4, -0.2) is 28.5 Å². The van der Waals surface area contributed by atoms with Gasteiger partial charge >= 0.3 is 5.69 Å². The van der Waals surface area contributed by atoms with Gasteiger partial charge in [-0.15, -0.1) is 0 Å². The summed E-state index contributed by atoms with van der Waals surface area (Å²) in [5.41, 5.74) is -0.0939. The lowest BCUT2D eigenvalue weighted by Crippen LogP contribution is -2.07. The second-order valence-electron chi connectivity index (χ2n) is 2.70. The molecule has 0 bridgehead atoms. The molecule has 15 heavy (non-hydrogen) atoms. The van der Waals surface area contributed by atoms with Gasteiger partial charge in [-0.3, -0.25) is 10.1 Å². The van der Waals surface area contributed by atoms with Crippen molar-refractivity contribution < 1.29 is 4.92 Å². The fourth-order valence-electron chi connectivity index (χ4n) is 0.975. The highest BCUT2D eigenvalue weighted by Crippen LogP contribution is 2.24. The van der Waals surface area contributed by atoms with E-state index in [4.69, 9.17) is 11.6 Å². The minimum atomic E-state index is -0.500. The standard InChI is InChI=1S/C8H10ClN3O2S/c1-15-3-2-10-8-7(12(13)14)4-6(9)5-11-8/h4-5H,2-3H2,1H3,(H,10,11). The molecule has 0 atom stereocenters. The van der Waals surface area contributed by atoms with Crippen LogP contribution in [0.2, 0.25) is 5.02 Å². The molecule has 0 spiro atoms. The molecule has 1 N–H and O–H groups in total. The summed E-state index contributed by atoms with van der Waals surface area (Å²) < 4.78 is 0. The van der Waals surface area contributed by atoms with Crippen molar-refractivity contribution in [3.05, 3.63) is 27.4 Å². The quantitative estimate of drug-likeness (QED) is 0.492. The Kier molecular flexibility index (Phi) is 4.64. The zero-order valence-corrected chi connectivity index (χ0v) is 9.64. The average Bonchev–Trinajstić information content (AvgIpc) is 2.20. The molecule has 0 aliphatic rings. The molecule has 0 unspecified atom stereocenters. The predicted octanol–water partition coefficient (Wildman–Crippen LogP) is 2.42. The van der Waals surface area contributed by atoms with Gasteiger partial charge in [-0.25, -0.2) is 4.98 Å². The summed E-state index contributed by atoms with van der Waals surface area (Å²) in [5, 5.41) is 13.8. The number of thioether (sulfide) groups is 1. The zero-order chi connectivity index (χ0) is 11.3. The third-order valence-electron chi connectivity index (χ3n) is 1.63. The van der Waals surface area contributed by atoms with E-state index in [1.165, 1.54) is 12.3 Å². The van der Waals surface area contributed by atoms with E-state index in [-0.39, 0.29) is 16.5 Å². The van der Waals surface area contributed by atoms with Gasteiger partial charge in [-0.2, -0.15) is 11.8 Å². The normalized spacial score (nSPS) is 10.0. The summed E-state index contributed by atoms with van der Waals surface area (Å²) in [6, 6.07) is 1.29. The Balaban J connectivity index is 2.81. The summed E-state index contributed by atoms with van der Waals surface area (Å²) >= 11 is 7.28. The number of aromatic nitrogens is 1. The number of halogens is 1. The lowest BCUT2D eigenvalue weighted by Gasteiger charge is -2.04. The highest BCUT2D eigenvalue weighted by molar-refractivity contribution is 7.98. The number of hydrogen-bond acceptors (Lipinski definition) is 5. The van der Waals surface area contributed by atoms with Crippen molar-refractivity contribution in [2.75, 3.05) is 23.9 Å². The maximum atomic E-state index is 10.7. The Labute approximate surface area is 96.4 Å². The second kappa shape index (κ2) is 5.77. The van der Waals surface area contributed by atoms with Crippen LogP contribution in [0.5, 0.6) is 0 Å². The molecule has 0 saturated carbocycles. The molecule has 1 aromatic heterocycles. The number of hydrogen-bond donors (Lipinski definition) is 1. The first-order valence-electron chi connectivity index (χ1n) is 4.18. The van der Waals surface area contributed by atoms with E-state index < -0.39 is 4.92 Å². The predicted molar refractivity (Wildman–Crippen MR) is 62.8 cm³/mol. The van der Waals surface area contributed by atoms with Gasteiger partial charge in [0.1, 0.15) is 0 Å². The van der Waals surface area contributed by atoms with Crippen LogP contribution in [0.15, 0.2) is 12.3 Å². The van der Waals surface area contributed by atoms with Crippen molar-refractivity contribution >= 4 is 34.9 Å². The van der Waals surface area contributed by atoms with Gasteiger partial charge in [-0.1, -0.05) is 11.6 Å². The number of pyridine rings is 1. The van der Waals surface area contributed by atoms with Crippen molar-refractivity contribution in [2.24, 2.45) is 0 Å². The molecule has 1 aromatic rings. The first kappa shape index (κ1) is 12.1. The van der Waals surface area contributed by atoms with E-state index in [0.717, 1.165) is 5.75 Å². The summed E-state index contributed by atoms with van der Waals surface area (Å²) in [7, 11) is 0. The van der Waals surface area contributed by atoms with Crippen LogP contribution in [0.25, 0.3) is 0 Å². The molecule has 0 aromatic carbocycles. The molecular weight excluding hydrogens is 238 g/mol. The van der Waals surface area contributed by atoms with E-state index in [1.807, 2.05) is 6.26 Å². The van der Waals surface area contributed by atoms with E-state index >= 15 is 0 Å². The first-order chi connectivity index (χ1) is 7.15. The third-order valence-corrected chi connectivity index (χ3v) is 2.45. The third kappa shape index (κ3) is 3.56. The maximum Gasteiger partial charge on any atom is 0.312 e. The van der Waals surface area contributed by atoms with Gasteiger partial charge in [-0.05, 0) is 6.26 Å². The molecule has 1 rings (SSSR count). The van der Waals surface area contributed by atoms with Crippen LogP contribution in [0, 0.1) is 10.1 Å². The fourth-order valence-corrected chi connectivity index (χ4v) is 1.43. The second-order valence-corrected chi connectivity index (χ2v) is 4.12. The van der Waals surface area contributed by atoms with Crippen molar-refractivity contribution in [1.82, 2.24) is 4.98 Å². The number of anilines is 1. The van der Waals surface area contributed by atoms with Crippen LogP contribution in [0.1, 0.15) is 0 Å². The molecular formula is C8H10ClN3O2S. The van der Waals surface area contributed by atoms with E-state index in [2.05, 4.69) is 10.3 Å². The molecule has 7 heteroatoms.